The third-order valence-corrected chi connectivity index (χ3v) is 2.79. The number of carboxylic acids is 1. The summed E-state index contributed by atoms with van der Waals surface area (Å²) in [4.78, 5) is 10.6. The Labute approximate surface area is 88.3 Å². The van der Waals surface area contributed by atoms with Crippen molar-refractivity contribution in [3.8, 4) is 0 Å². The van der Waals surface area contributed by atoms with Crippen LogP contribution in [0, 0.1) is 0 Å². The smallest absolute Gasteiger partial charge is 0.332 e. The second-order valence-corrected chi connectivity index (χ2v) is 3.98. The number of aliphatic carboxylic acids is 1. The molecule has 15 heavy (non-hydrogen) atoms. The molecule has 2 heterocycles. The minimum Gasteiger partial charge on any atom is -0.479 e. The van der Waals surface area contributed by atoms with Crippen molar-refractivity contribution in [3.63, 3.8) is 0 Å². The van der Waals surface area contributed by atoms with Gasteiger partial charge in [0.25, 0.3) is 0 Å². The normalized spacial score (nSPS) is 35.9. The molecule has 2 aliphatic heterocycles. The highest BCUT2D eigenvalue weighted by molar-refractivity contribution is 5.72. The molecule has 0 bridgehead atoms. The first-order valence-corrected chi connectivity index (χ1v) is 5.33. The van der Waals surface area contributed by atoms with Gasteiger partial charge < -0.3 is 19.3 Å². The van der Waals surface area contributed by atoms with Gasteiger partial charge in [-0.3, -0.25) is 0 Å². The number of carboxylic acid groups (broad SMARTS) is 1. The molecule has 0 aromatic rings. The Morgan fingerprint density at radius 1 is 1.40 bits per heavy atom. The Kier molecular flexibility index (Phi) is 3.56. The van der Waals surface area contributed by atoms with Crippen LogP contribution < -0.4 is 0 Å². The summed E-state index contributed by atoms with van der Waals surface area (Å²) in [7, 11) is 0. The SMILES string of the molecule is O=C(O)C1CCC(COC2CCOC2)O1. The number of hydrogen-bond acceptors (Lipinski definition) is 4. The average Bonchev–Trinajstić information content (AvgIpc) is 2.86. The van der Waals surface area contributed by atoms with Gasteiger partial charge in [0.1, 0.15) is 0 Å². The van der Waals surface area contributed by atoms with Crippen LogP contribution in [0.3, 0.4) is 0 Å². The monoisotopic (exact) mass is 216 g/mol. The van der Waals surface area contributed by atoms with Crippen LogP contribution in [-0.2, 0) is 19.0 Å². The van der Waals surface area contributed by atoms with Crippen LogP contribution in [0.1, 0.15) is 19.3 Å². The molecule has 0 aromatic heterocycles. The zero-order valence-electron chi connectivity index (χ0n) is 8.55. The lowest BCUT2D eigenvalue weighted by atomic mass is 10.2. The lowest BCUT2D eigenvalue weighted by Gasteiger charge is -2.14. The van der Waals surface area contributed by atoms with E-state index in [1.54, 1.807) is 0 Å². The summed E-state index contributed by atoms with van der Waals surface area (Å²) >= 11 is 0. The molecular weight excluding hydrogens is 200 g/mol. The first-order valence-electron chi connectivity index (χ1n) is 5.33. The van der Waals surface area contributed by atoms with Gasteiger partial charge in [-0.15, -0.1) is 0 Å². The van der Waals surface area contributed by atoms with Crippen molar-refractivity contribution in [2.45, 2.75) is 37.6 Å². The first kappa shape index (κ1) is 10.9. The minimum atomic E-state index is -0.873. The molecule has 0 aliphatic carbocycles. The zero-order valence-corrected chi connectivity index (χ0v) is 8.55. The van der Waals surface area contributed by atoms with Crippen molar-refractivity contribution in [1.29, 1.82) is 0 Å². The van der Waals surface area contributed by atoms with E-state index in [2.05, 4.69) is 0 Å². The summed E-state index contributed by atoms with van der Waals surface area (Å²) < 4.78 is 16.1. The summed E-state index contributed by atoms with van der Waals surface area (Å²) in [5, 5.41) is 8.72. The van der Waals surface area contributed by atoms with Crippen LogP contribution in [-0.4, -0.2) is 49.2 Å². The Morgan fingerprint density at radius 2 is 2.27 bits per heavy atom. The number of ether oxygens (including phenoxy) is 3. The van der Waals surface area contributed by atoms with Gasteiger partial charge in [0.05, 0.1) is 25.4 Å². The van der Waals surface area contributed by atoms with Crippen LogP contribution in [0.25, 0.3) is 0 Å². The molecule has 3 atom stereocenters. The predicted molar refractivity (Wildman–Crippen MR) is 50.7 cm³/mol. The maximum Gasteiger partial charge on any atom is 0.332 e. The Bertz CT molecular complexity index is 224. The molecule has 0 saturated carbocycles. The second kappa shape index (κ2) is 4.92. The van der Waals surface area contributed by atoms with E-state index in [1.807, 2.05) is 0 Å². The van der Waals surface area contributed by atoms with Crippen LogP contribution in [0.4, 0.5) is 0 Å². The summed E-state index contributed by atoms with van der Waals surface area (Å²) in [5.74, 6) is -0.873. The van der Waals surface area contributed by atoms with Crippen molar-refractivity contribution in [2.24, 2.45) is 0 Å². The van der Waals surface area contributed by atoms with Gasteiger partial charge >= 0.3 is 5.97 Å². The quantitative estimate of drug-likeness (QED) is 0.738. The molecule has 0 spiro atoms. The molecule has 0 aromatic carbocycles. The van der Waals surface area contributed by atoms with Gasteiger partial charge in [0, 0.05) is 6.61 Å². The van der Waals surface area contributed by atoms with E-state index in [9.17, 15) is 4.79 Å². The van der Waals surface area contributed by atoms with Crippen molar-refractivity contribution >= 4 is 5.97 Å². The first-order chi connectivity index (χ1) is 7.25. The molecule has 3 unspecified atom stereocenters. The lowest BCUT2D eigenvalue weighted by Crippen LogP contribution is -2.25. The molecule has 0 radical (unpaired) electrons. The molecule has 0 amide bonds. The van der Waals surface area contributed by atoms with Crippen molar-refractivity contribution < 1.29 is 24.1 Å². The summed E-state index contributed by atoms with van der Waals surface area (Å²) in [5.41, 5.74) is 0. The van der Waals surface area contributed by atoms with Gasteiger partial charge in [0.2, 0.25) is 0 Å². The van der Waals surface area contributed by atoms with Crippen LogP contribution in [0.5, 0.6) is 0 Å². The van der Waals surface area contributed by atoms with E-state index in [1.165, 1.54) is 0 Å². The fraction of sp³-hybridized carbons (Fsp3) is 0.900. The molecular formula is C10H16O5. The maximum absolute atomic E-state index is 10.6. The summed E-state index contributed by atoms with van der Waals surface area (Å²) in [6.45, 7) is 1.89. The fourth-order valence-corrected chi connectivity index (χ4v) is 1.90. The van der Waals surface area contributed by atoms with Gasteiger partial charge in [-0.05, 0) is 19.3 Å². The molecule has 2 aliphatic rings. The van der Waals surface area contributed by atoms with Crippen molar-refractivity contribution in [2.75, 3.05) is 19.8 Å². The summed E-state index contributed by atoms with van der Waals surface area (Å²) in [6, 6.07) is 0. The number of hydrogen-bond donors (Lipinski definition) is 1. The standard InChI is InChI=1S/C10H16O5/c11-10(12)9-2-1-8(15-9)6-14-7-3-4-13-5-7/h7-9H,1-6H2,(H,11,12). The van der Waals surface area contributed by atoms with E-state index in [4.69, 9.17) is 19.3 Å². The molecule has 2 fully saturated rings. The van der Waals surface area contributed by atoms with Crippen LogP contribution >= 0.6 is 0 Å². The highest BCUT2D eigenvalue weighted by atomic mass is 16.6. The van der Waals surface area contributed by atoms with Crippen molar-refractivity contribution in [3.05, 3.63) is 0 Å². The Balaban J connectivity index is 1.66. The zero-order chi connectivity index (χ0) is 10.7. The molecule has 5 heteroatoms. The third-order valence-electron chi connectivity index (χ3n) is 2.79. The van der Waals surface area contributed by atoms with E-state index >= 15 is 0 Å². The fourth-order valence-electron chi connectivity index (χ4n) is 1.90. The van der Waals surface area contributed by atoms with Crippen LogP contribution in [0.15, 0.2) is 0 Å². The molecule has 86 valence electrons. The summed E-state index contributed by atoms with van der Waals surface area (Å²) in [6.07, 6.45) is 1.74. The van der Waals surface area contributed by atoms with Gasteiger partial charge in [0.15, 0.2) is 6.10 Å². The highest BCUT2D eigenvalue weighted by Crippen LogP contribution is 2.21. The average molecular weight is 216 g/mol. The van der Waals surface area contributed by atoms with Crippen LogP contribution in [0.2, 0.25) is 0 Å². The molecule has 2 saturated heterocycles. The number of rotatable bonds is 4. The maximum atomic E-state index is 10.6. The predicted octanol–water partition coefficient (Wildman–Crippen LogP) is 0.424. The van der Waals surface area contributed by atoms with Crippen molar-refractivity contribution in [1.82, 2.24) is 0 Å². The minimum absolute atomic E-state index is 0.0632. The van der Waals surface area contributed by atoms with E-state index < -0.39 is 12.1 Å². The van der Waals surface area contributed by atoms with E-state index in [-0.39, 0.29) is 12.2 Å². The Hall–Kier alpha value is -0.650. The molecule has 1 N–H and O–H groups in total. The van der Waals surface area contributed by atoms with E-state index in [0.717, 1.165) is 19.4 Å². The largest absolute Gasteiger partial charge is 0.479 e. The van der Waals surface area contributed by atoms with E-state index in [0.29, 0.717) is 19.6 Å². The molecule has 5 nitrogen and oxygen atoms in total. The van der Waals surface area contributed by atoms with Gasteiger partial charge in [-0.2, -0.15) is 0 Å². The molecule has 2 rings (SSSR count). The Morgan fingerprint density at radius 3 is 2.87 bits per heavy atom. The lowest BCUT2D eigenvalue weighted by molar-refractivity contribution is -0.151. The van der Waals surface area contributed by atoms with Gasteiger partial charge in [-0.1, -0.05) is 0 Å². The third kappa shape index (κ3) is 2.90. The second-order valence-electron chi connectivity index (χ2n) is 3.98. The highest BCUT2D eigenvalue weighted by Gasteiger charge is 2.31. The topological polar surface area (TPSA) is 65.0 Å². The van der Waals surface area contributed by atoms with Gasteiger partial charge in [-0.25, -0.2) is 4.79 Å². The number of carbonyl (C=O) groups is 1.